The first kappa shape index (κ1) is 38.7. The summed E-state index contributed by atoms with van der Waals surface area (Å²) in [7, 11) is 0. The van der Waals surface area contributed by atoms with Gasteiger partial charge in [0.1, 0.15) is 0 Å². The van der Waals surface area contributed by atoms with Crippen molar-refractivity contribution in [1.82, 2.24) is 0 Å². The first-order chi connectivity index (χ1) is 33.3. The Labute approximate surface area is 391 Å². The van der Waals surface area contributed by atoms with E-state index in [1.165, 1.54) is 77.5 Å². The molecule has 0 radical (unpaired) electrons. The molecule has 13 rings (SSSR count). The lowest BCUT2D eigenvalue weighted by atomic mass is 9.70. The van der Waals surface area contributed by atoms with Crippen molar-refractivity contribution in [2.24, 2.45) is 0 Å². The SMILES string of the molecule is c1ccc(-c2ccc(-c3c(N(c4ccccc4)c4ccc5c(c4)C4(c6ccccc6-c6ccc(N(c7ccccc7)c7ccccc7)cc64)c4ccccc4-5)ccc4ccccc34)cc2)cc1. The van der Waals surface area contributed by atoms with Gasteiger partial charge >= 0.3 is 0 Å². The van der Waals surface area contributed by atoms with Crippen LogP contribution in [0.1, 0.15) is 22.3 Å². The van der Waals surface area contributed by atoms with E-state index in [4.69, 9.17) is 0 Å². The number of fused-ring (bicyclic) bond motifs is 11. The molecule has 1 atom stereocenters. The van der Waals surface area contributed by atoms with Crippen LogP contribution in [0.25, 0.3) is 55.3 Å². The summed E-state index contributed by atoms with van der Waals surface area (Å²) in [5.74, 6) is 0. The molecule has 2 nitrogen and oxygen atoms in total. The Morgan fingerprint density at radius 1 is 0.254 bits per heavy atom. The minimum Gasteiger partial charge on any atom is -0.310 e. The van der Waals surface area contributed by atoms with Crippen LogP contribution in [-0.4, -0.2) is 0 Å². The lowest BCUT2D eigenvalue weighted by Gasteiger charge is -2.34. The van der Waals surface area contributed by atoms with Crippen LogP contribution in [0.2, 0.25) is 0 Å². The molecule has 2 heteroatoms. The molecule has 1 unspecified atom stereocenters. The van der Waals surface area contributed by atoms with Gasteiger partial charge in [0.2, 0.25) is 0 Å². The van der Waals surface area contributed by atoms with Gasteiger partial charge in [-0.05, 0) is 139 Å². The average Bonchev–Trinajstić information content (AvgIpc) is 3.87. The summed E-state index contributed by atoms with van der Waals surface area (Å²) >= 11 is 0. The van der Waals surface area contributed by atoms with E-state index in [-0.39, 0.29) is 0 Å². The lowest BCUT2D eigenvalue weighted by molar-refractivity contribution is 0.793. The minimum atomic E-state index is -0.579. The van der Waals surface area contributed by atoms with Gasteiger partial charge in [-0.1, -0.05) is 200 Å². The van der Waals surface area contributed by atoms with Gasteiger partial charge in [-0.3, -0.25) is 0 Å². The molecule has 0 N–H and O–H groups in total. The molecule has 1 spiro atoms. The summed E-state index contributed by atoms with van der Waals surface area (Å²) < 4.78 is 0. The van der Waals surface area contributed by atoms with Crippen molar-refractivity contribution in [3.63, 3.8) is 0 Å². The molecule has 0 fully saturated rings. The van der Waals surface area contributed by atoms with Crippen LogP contribution >= 0.6 is 0 Å². The van der Waals surface area contributed by atoms with Crippen LogP contribution in [0.4, 0.5) is 34.1 Å². The van der Waals surface area contributed by atoms with Gasteiger partial charge in [-0.15, -0.1) is 0 Å². The largest absolute Gasteiger partial charge is 0.310 e. The van der Waals surface area contributed by atoms with E-state index in [0.717, 1.165) is 34.1 Å². The third kappa shape index (κ3) is 6.11. The molecule has 0 heterocycles. The summed E-state index contributed by atoms with van der Waals surface area (Å²) in [4.78, 5) is 4.87. The predicted molar refractivity (Wildman–Crippen MR) is 280 cm³/mol. The first-order valence-corrected chi connectivity index (χ1v) is 23.2. The van der Waals surface area contributed by atoms with Crippen molar-refractivity contribution in [1.29, 1.82) is 0 Å². The standard InChI is InChI=1S/C65H44N2/c1-5-19-45(20-6-1)46-33-35-48(36-34-46)64-54-28-14-13-21-47(54)37-42-63(64)67(51-26-11-4-12-27-51)53-39-41-58-56-30-16-18-32-60(56)65(62(58)44-53)59-31-17-15-29-55(59)57-40-38-52(43-61(57)65)66(49-22-7-2-8-23-49)50-24-9-3-10-25-50/h1-44H. The van der Waals surface area contributed by atoms with Crippen molar-refractivity contribution in [2.75, 3.05) is 9.80 Å². The van der Waals surface area contributed by atoms with E-state index < -0.39 is 5.41 Å². The molecule has 0 saturated heterocycles. The molecule has 0 bridgehead atoms. The fraction of sp³-hybridized carbons (Fsp3) is 0.0154. The number of hydrogen-bond acceptors (Lipinski definition) is 2. The number of rotatable bonds is 8. The second kappa shape index (κ2) is 15.8. The predicted octanol–water partition coefficient (Wildman–Crippen LogP) is 17.5. The highest BCUT2D eigenvalue weighted by molar-refractivity contribution is 6.06. The van der Waals surface area contributed by atoms with Crippen LogP contribution in [0.15, 0.2) is 267 Å². The second-order valence-corrected chi connectivity index (χ2v) is 17.6. The smallest absolute Gasteiger partial charge is 0.0727 e. The molecule has 0 aromatic heterocycles. The highest BCUT2D eigenvalue weighted by Crippen LogP contribution is 2.64. The van der Waals surface area contributed by atoms with Gasteiger partial charge in [0.25, 0.3) is 0 Å². The zero-order valence-electron chi connectivity index (χ0n) is 36.8. The van der Waals surface area contributed by atoms with Crippen LogP contribution in [0, 0.1) is 0 Å². The van der Waals surface area contributed by atoms with Gasteiger partial charge in [0, 0.05) is 34.0 Å². The molecule has 2 aliphatic rings. The average molecular weight is 853 g/mol. The molecule has 314 valence electrons. The van der Waals surface area contributed by atoms with Gasteiger partial charge in [0.15, 0.2) is 0 Å². The summed E-state index contributed by atoms with van der Waals surface area (Å²) in [6, 6.07) is 98.1. The van der Waals surface area contributed by atoms with E-state index in [9.17, 15) is 0 Å². The Morgan fingerprint density at radius 2 is 0.672 bits per heavy atom. The third-order valence-corrected chi connectivity index (χ3v) is 14.0. The minimum absolute atomic E-state index is 0.579. The first-order valence-electron chi connectivity index (χ1n) is 23.2. The van der Waals surface area contributed by atoms with Crippen molar-refractivity contribution in [3.8, 4) is 44.5 Å². The Kier molecular flexibility index (Phi) is 9.11. The van der Waals surface area contributed by atoms with Crippen LogP contribution in [0.3, 0.4) is 0 Å². The maximum Gasteiger partial charge on any atom is 0.0727 e. The van der Waals surface area contributed by atoms with Crippen LogP contribution < -0.4 is 9.80 Å². The van der Waals surface area contributed by atoms with Crippen molar-refractivity contribution >= 4 is 44.9 Å². The Morgan fingerprint density at radius 3 is 1.24 bits per heavy atom. The third-order valence-electron chi connectivity index (χ3n) is 14.0. The highest BCUT2D eigenvalue weighted by Gasteiger charge is 2.52. The number of nitrogens with zero attached hydrogens (tertiary/aromatic N) is 2. The summed E-state index contributed by atoms with van der Waals surface area (Å²) in [5.41, 5.74) is 21.2. The number of para-hydroxylation sites is 3. The number of anilines is 6. The van der Waals surface area contributed by atoms with E-state index in [2.05, 4.69) is 277 Å². The number of benzene rings is 11. The Hall–Kier alpha value is -8.72. The van der Waals surface area contributed by atoms with E-state index in [1.807, 2.05) is 0 Å². The fourth-order valence-electron chi connectivity index (χ4n) is 11.2. The van der Waals surface area contributed by atoms with Gasteiger partial charge < -0.3 is 9.80 Å². The molecular weight excluding hydrogens is 809 g/mol. The van der Waals surface area contributed by atoms with Gasteiger partial charge in [-0.2, -0.15) is 0 Å². The fourth-order valence-corrected chi connectivity index (χ4v) is 11.2. The number of hydrogen-bond donors (Lipinski definition) is 0. The monoisotopic (exact) mass is 852 g/mol. The topological polar surface area (TPSA) is 6.48 Å². The summed E-state index contributed by atoms with van der Waals surface area (Å²) in [5, 5.41) is 2.42. The zero-order chi connectivity index (χ0) is 44.3. The maximum absolute atomic E-state index is 2.50. The Bertz CT molecular complexity index is 3570. The molecule has 11 aromatic carbocycles. The van der Waals surface area contributed by atoms with Crippen molar-refractivity contribution in [2.45, 2.75) is 5.41 Å². The van der Waals surface area contributed by atoms with Crippen molar-refractivity contribution in [3.05, 3.63) is 289 Å². The molecule has 0 amide bonds. The van der Waals surface area contributed by atoms with Crippen LogP contribution in [-0.2, 0) is 5.41 Å². The zero-order valence-corrected chi connectivity index (χ0v) is 36.8. The normalized spacial score (nSPS) is 14.0. The van der Waals surface area contributed by atoms with E-state index in [0.29, 0.717) is 0 Å². The summed E-state index contributed by atoms with van der Waals surface area (Å²) in [6.45, 7) is 0. The second-order valence-electron chi connectivity index (χ2n) is 17.6. The molecule has 0 aliphatic heterocycles. The van der Waals surface area contributed by atoms with E-state index in [1.54, 1.807) is 0 Å². The Balaban J connectivity index is 1.06. The molecule has 0 saturated carbocycles. The van der Waals surface area contributed by atoms with Gasteiger partial charge in [-0.25, -0.2) is 0 Å². The highest BCUT2D eigenvalue weighted by atomic mass is 15.1. The van der Waals surface area contributed by atoms with Crippen molar-refractivity contribution < 1.29 is 0 Å². The maximum atomic E-state index is 2.50. The molecule has 2 aliphatic carbocycles. The van der Waals surface area contributed by atoms with Gasteiger partial charge in [0.05, 0.1) is 11.1 Å². The molecule has 11 aromatic rings. The summed E-state index contributed by atoms with van der Waals surface area (Å²) in [6.07, 6.45) is 0. The van der Waals surface area contributed by atoms with E-state index >= 15 is 0 Å². The van der Waals surface area contributed by atoms with Crippen LogP contribution in [0.5, 0.6) is 0 Å². The lowest BCUT2D eigenvalue weighted by Crippen LogP contribution is -2.26. The quantitative estimate of drug-likeness (QED) is 0.150. The molecular formula is C65H44N2. The molecule has 67 heavy (non-hydrogen) atoms.